The molecule has 0 radical (unpaired) electrons. The molecule has 1 heterocycles. The predicted octanol–water partition coefficient (Wildman–Crippen LogP) is 0.737. The summed E-state index contributed by atoms with van der Waals surface area (Å²) < 4.78 is 42.3. The third-order valence-electron chi connectivity index (χ3n) is 3.83. The van der Waals surface area contributed by atoms with Gasteiger partial charge >= 0.3 is 6.18 Å². The molecular weight excluding hydrogens is 478 g/mol. The van der Waals surface area contributed by atoms with Crippen LogP contribution in [-0.2, 0) is 4.74 Å². The lowest BCUT2D eigenvalue weighted by molar-refractivity contribution is -0.142. The van der Waals surface area contributed by atoms with E-state index in [9.17, 15) is 18.3 Å². The average molecular weight is 511 g/mol. The van der Waals surface area contributed by atoms with Gasteiger partial charge in [-0.05, 0) is 20.9 Å². The summed E-state index contributed by atoms with van der Waals surface area (Å²) in [4.78, 5) is 7.70. The molecule has 0 spiro atoms. The number of halogens is 4. The van der Waals surface area contributed by atoms with Crippen molar-refractivity contribution >= 4 is 29.9 Å². The van der Waals surface area contributed by atoms with Gasteiger partial charge in [-0.25, -0.2) is 0 Å². The SMILES string of the molecule is CCNC(=NCC(C)(O)CN1CCOCC1)NCCN(C)CC(F)(F)F.I. The average Bonchev–Trinajstić information content (AvgIpc) is 2.51. The van der Waals surface area contributed by atoms with E-state index in [-0.39, 0.29) is 37.1 Å². The summed E-state index contributed by atoms with van der Waals surface area (Å²) in [6.07, 6.45) is -4.20. The Morgan fingerprint density at radius 3 is 2.44 bits per heavy atom. The van der Waals surface area contributed by atoms with Crippen LogP contribution in [0.5, 0.6) is 0 Å². The Balaban J connectivity index is 0.00000676. The van der Waals surface area contributed by atoms with Crippen molar-refractivity contribution in [3.63, 3.8) is 0 Å². The summed E-state index contributed by atoms with van der Waals surface area (Å²) >= 11 is 0. The molecule has 1 atom stereocenters. The van der Waals surface area contributed by atoms with Crippen molar-refractivity contribution in [2.45, 2.75) is 25.6 Å². The lowest BCUT2D eigenvalue weighted by Crippen LogP contribution is -2.48. The van der Waals surface area contributed by atoms with Gasteiger partial charge in [0.1, 0.15) is 0 Å². The molecule has 0 bridgehead atoms. The molecule has 1 unspecified atom stereocenters. The number of nitrogens with zero attached hydrogens (tertiary/aromatic N) is 3. The highest BCUT2D eigenvalue weighted by molar-refractivity contribution is 14.0. The quantitative estimate of drug-likeness (QED) is 0.241. The van der Waals surface area contributed by atoms with Gasteiger partial charge in [-0.1, -0.05) is 0 Å². The summed E-state index contributed by atoms with van der Waals surface area (Å²) in [5.41, 5.74) is -0.993. The Bertz CT molecular complexity index is 433. The zero-order valence-electron chi connectivity index (χ0n) is 16.3. The van der Waals surface area contributed by atoms with Gasteiger partial charge in [0.05, 0.1) is 31.9 Å². The van der Waals surface area contributed by atoms with E-state index in [1.54, 1.807) is 6.92 Å². The molecule has 0 aliphatic carbocycles. The van der Waals surface area contributed by atoms with Crippen LogP contribution in [0.15, 0.2) is 4.99 Å². The summed E-state index contributed by atoms with van der Waals surface area (Å²) in [6, 6.07) is 0. The molecule has 0 aromatic rings. The van der Waals surface area contributed by atoms with Crippen LogP contribution in [0.2, 0.25) is 0 Å². The number of likely N-dealkylation sites (N-methyl/N-ethyl adjacent to an activating group) is 1. The van der Waals surface area contributed by atoms with Gasteiger partial charge in [0.2, 0.25) is 0 Å². The van der Waals surface area contributed by atoms with Crippen molar-refractivity contribution in [2.24, 2.45) is 4.99 Å². The molecule has 1 saturated heterocycles. The van der Waals surface area contributed by atoms with Crippen LogP contribution >= 0.6 is 24.0 Å². The minimum atomic E-state index is -4.20. The molecule has 1 fully saturated rings. The molecule has 7 nitrogen and oxygen atoms in total. The lowest BCUT2D eigenvalue weighted by Gasteiger charge is -2.33. The Labute approximate surface area is 176 Å². The molecule has 0 amide bonds. The first-order chi connectivity index (χ1) is 12.1. The van der Waals surface area contributed by atoms with Crippen molar-refractivity contribution in [1.82, 2.24) is 20.4 Å². The number of β-amino-alcohol motifs (C(OH)–C–C–N with tert-alkyl or cyclic N) is 1. The highest BCUT2D eigenvalue weighted by atomic mass is 127. The molecular formula is C16H33F3IN5O2. The fourth-order valence-corrected chi connectivity index (χ4v) is 2.63. The molecule has 1 aliphatic heterocycles. The highest BCUT2D eigenvalue weighted by Crippen LogP contribution is 2.15. The standard InChI is InChI=1S/C16H32F3N5O2.HI/c1-4-20-14(21-5-6-23(3)13-16(17,18)19)22-11-15(2,25)12-24-7-9-26-10-8-24;/h25H,4-13H2,1-3H3,(H2,20,21,22);1H. The minimum Gasteiger partial charge on any atom is -0.387 e. The highest BCUT2D eigenvalue weighted by Gasteiger charge is 2.29. The Morgan fingerprint density at radius 2 is 1.89 bits per heavy atom. The first-order valence-electron chi connectivity index (χ1n) is 8.91. The fourth-order valence-electron chi connectivity index (χ4n) is 2.63. The summed E-state index contributed by atoms with van der Waals surface area (Å²) in [5, 5.41) is 16.6. The Morgan fingerprint density at radius 1 is 1.26 bits per heavy atom. The van der Waals surface area contributed by atoms with Crippen LogP contribution in [-0.4, -0.2) is 105 Å². The first kappa shape index (κ1) is 26.6. The molecule has 0 aromatic heterocycles. The van der Waals surface area contributed by atoms with E-state index >= 15 is 0 Å². The van der Waals surface area contributed by atoms with E-state index in [0.29, 0.717) is 38.8 Å². The topological polar surface area (TPSA) is 72.4 Å². The summed E-state index contributed by atoms with van der Waals surface area (Å²) in [6.45, 7) is 7.43. The number of hydrogen-bond donors (Lipinski definition) is 3. The molecule has 0 aromatic carbocycles. The van der Waals surface area contributed by atoms with E-state index < -0.39 is 18.3 Å². The smallest absolute Gasteiger partial charge is 0.387 e. The van der Waals surface area contributed by atoms with Crippen LogP contribution in [0.4, 0.5) is 13.2 Å². The number of aliphatic imine (C=N–C) groups is 1. The fraction of sp³-hybridized carbons (Fsp3) is 0.938. The lowest BCUT2D eigenvalue weighted by atomic mass is 10.1. The van der Waals surface area contributed by atoms with Gasteiger partial charge in [-0.3, -0.25) is 14.8 Å². The number of guanidine groups is 1. The summed E-state index contributed by atoms with van der Waals surface area (Å²) in [5.74, 6) is 0.482. The van der Waals surface area contributed by atoms with Crippen molar-refractivity contribution in [3.8, 4) is 0 Å². The van der Waals surface area contributed by atoms with Crippen LogP contribution in [0.3, 0.4) is 0 Å². The number of ether oxygens (including phenoxy) is 1. The second kappa shape index (κ2) is 13.0. The van der Waals surface area contributed by atoms with Crippen LogP contribution in [0, 0.1) is 0 Å². The van der Waals surface area contributed by atoms with Gasteiger partial charge in [-0.2, -0.15) is 13.2 Å². The number of rotatable bonds is 9. The maximum absolute atomic E-state index is 12.3. The van der Waals surface area contributed by atoms with E-state index in [1.165, 1.54) is 11.9 Å². The minimum absolute atomic E-state index is 0. The molecule has 3 N–H and O–H groups in total. The zero-order chi connectivity index (χ0) is 19.6. The van der Waals surface area contributed by atoms with Gasteiger partial charge in [0.15, 0.2) is 5.96 Å². The number of nitrogens with one attached hydrogen (secondary N) is 2. The zero-order valence-corrected chi connectivity index (χ0v) is 18.6. The number of alkyl halides is 3. The maximum atomic E-state index is 12.3. The van der Waals surface area contributed by atoms with Gasteiger partial charge in [-0.15, -0.1) is 24.0 Å². The number of aliphatic hydroxyl groups is 1. The third-order valence-corrected chi connectivity index (χ3v) is 3.83. The van der Waals surface area contributed by atoms with Crippen LogP contribution in [0.25, 0.3) is 0 Å². The van der Waals surface area contributed by atoms with Crippen molar-refractivity contribution in [1.29, 1.82) is 0 Å². The Kier molecular flexibility index (Phi) is 12.8. The number of hydrogen-bond acceptors (Lipinski definition) is 5. The first-order valence-corrected chi connectivity index (χ1v) is 8.91. The van der Waals surface area contributed by atoms with Crippen molar-refractivity contribution < 1.29 is 23.0 Å². The van der Waals surface area contributed by atoms with Gasteiger partial charge in [0.25, 0.3) is 0 Å². The van der Waals surface area contributed by atoms with Crippen molar-refractivity contribution in [3.05, 3.63) is 0 Å². The maximum Gasteiger partial charge on any atom is 0.401 e. The summed E-state index contributed by atoms with van der Waals surface area (Å²) in [7, 11) is 1.42. The van der Waals surface area contributed by atoms with Crippen LogP contribution < -0.4 is 10.6 Å². The molecule has 11 heteroatoms. The normalized spacial score (nSPS) is 18.7. The molecule has 27 heavy (non-hydrogen) atoms. The largest absolute Gasteiger partial charge is 0.401 e. The second-order valence-corrected chi connectivity index (χ2v) is 6.86. The molecule has 0 saturated carbocycles. The monoisotopic (exact) mass is 511 g/mol. The van der Waals surface area contributed by atoms with Crippen molar-refractivity contribution in [2.75, 3.05) is 72.6 Å². The second-order valence-electron chi connectivity index (χ2n) is 6.86. The molecule has 1 aliphatic rings. The van der Waals surface area contributed by atoms with E-state index in [4.69, 9.17) is 4.74 Å². The molecule has 162 valence electrons. The molecule has 1 rings (SSSR count). The van der Waals surface area contributed by atoms with Gasteiger partial charge in [0, 0.05) is 39.3 Å². The van der Waals surface area contributed by atoms with E-state index in [0.717, 1.165) is 13.1 Å². The predicted molar refractivity (Wildman–Crippen MR) is 111 cm³/mol. The van der Waals surface area contributed by atoms with E-state index in [2.05, 4.69) is 20.5 Å². The van der Waals surface area contributed by atoms with Gasteiger partial charge < -0.3 is 20.5 Å². The number of morpholine rings is 1. The van der Waals surface area contributed by atoms with Crippen LogP contribution in [0.1, 0.15) is 13.8 Å². The van der Waals surface area contributed by atoms with E-state index in [1.807, 2.05) is 6.92 Å². The third kappa shape index (κ3) is 13.4. The Hall–Kier alpha value is -0.370.